The summed E-state index contributed by atoms with van der Waals surface area (Å²) in [5.41, 5.74) is 1.93. The maximum Gasteiger partial charge on any atom is 0.127 e. The fourth-order valence-corrected chi connectivity index (χ4v) is 2.94. The molecule has 1 aromatic rings. The normalized spacial score (nSPS) is 24.2. The number of aryl methyl sites for hydroxylation is 1. The van der Waals surface area contributed by atoms with Crippen molar-refractivity contribution in [1.29, 1.82) is 0 Å². The monoisotopic (exact) mass is 249 g/mol. The molecule has 1 nitrogen and oxygen atoms in total. The maximum absolute atomic E-state index is 13.6. The molecule has 1 N–H and O–H groups in total. The van der Waals surface area contributed by atoms with E-state index in [2.05, 4.69) is 12.2 Å². The zero-order chi connectivity index (χ0) is 13.0. The molecule has 0 radical (unpaired) electrons. The molecule has 1 saturated carbocycles. The molecule has 1 aromatic carbocycles. The molecule has 0 saturated heterocycles. The first-order chi connectivity index (χ1) is 8.69. The van der Waals surface area contributed by atoms with E-state index in [-0.39, 0.29) is 5.82 Å². The van der Waals surface area contributed by atoms with Crippen LogP contribution in [0.4, 0.5) is 4.39 Å². The van der Waals surface area contributed by atoms with Gasteiger partial charge in [-0.05, 0) is 31.7 Å². The summed E-state index contributed by atoms with van der Waals surface area (Å²) in [6.07, 6.45) is 6.45. The summed E-state index contributed by atoms with van der Waals surface area (Å²) in [5, 5.41) is 3.53. The van der Waals surface area contributed by atoms with Crippen LogP contribution in [-0.2, 0) is 6.54 Å². The van der Waals surface area contributed by atoms with Crippen LogP contribution in [0.3, 0.4) is 0 Å². The number of rotatable bonds is 4. The van der Waals surface area contributed by atoms with Crippen LogP contribution in [0.5, 0.6) is 0 Å². The van der Waals surface area contributed by atoms with Crippen LogP contribution >= 0.6 is 0 Å². The number of hydrogen-bond acceptors (Lipinski definition) is 1. The van der Waals surface area contributed by atoms with Crippen molar-refractivity contribution < 1.29 is 4.39 Å². The van der Waals surface area contributed by atoms with Gasteiger partial charge in [-0.15, -0.1) is 0 Å². The van der Waals surface area contributed by atoms with E-state index in [1.54, 1.807) is 6.07 Å². The molecule has 2 heteroatoms. The van der Waals surface area contributed by atoms with Crippen molar-refractivity contribution in [2.24, 2.45) is 5.92 Å². The van der Waals surface area contributed by atoms with E-state index in [1.807, 2.05) is 19.1 Å². The molecular weight excluding hydrogens is 225 g/mol. The Morgan fingerprint density at radius 2 is 2.17 bits per heavy atom. The lowest BCUT2D eigenvalue weighted by molar-refractivity contribution is 0.277. The first kappa shape index (κ1) is 13.5. The molecule has 2 unspecified atom stereocenters. The third kappa shape index (κ3) is 3.55. The predicted molar refractivity (Wildman–Crippen MR) is 74.0 cm³/mol. The van der Waals surface area contributed by atoms with Gasteiger partial charge in [0.25, 0.3) is 0 Å². The SMILES string of the molecule is CCC1CCCC(NCc2cc(C)ccc2F)C1. The third-order valence-electron chi connectivity index (χ3n) is 4.14. The predicted octanol–water partition coefficient (Wildman–Crippen LogP) is 4.19. The smallest absolute Gasteiger partial charge is 0.127 e. The van der Waals surface area contributed by atoms with Gasteiger partial charge in [-0.3, -0.25) is 0 Å². The topological polar surface area (TPSA) is 12.0 Å². The molecule has 0 bridgehead atoms. The highest BCUT2D eigenvalue weighted by Gasteiger charge is 2.20. The van der Waals surface area contributed by atoms with Crippen molar-refractivity contribution >= 4 is 0 Å². The van der Waals surface area contributed by atoms with Crippen molar-refractivity contribution in [2.45, 2.75) is 58.5 Å². The van der Waals surface area contributed by atoms with Crippen molar-refractivity contribution in [3.63, 3.8) is 0 Å². The van der Waals surface area contributed by atoms with Gasteiger partial charge in [0.2, 0.25) is 0 Å². The first-order valence-corrected chi connectivity index (χ1v) is 7.17. The van der Waals surface area contributed by atoms with E-state index >= 15 is 0 Å². The van der Waals surface area contributed by atoms with E-state index in [4.69, 9.17) is 0 Å². The average Bonchev–Trinajstić information content (AvgIpc) is 2.40. The molecule has 0 aliphatic heterocycles. The van der Waals surface area contributed by atoms with E-state index < -0.39 is 0 Å². The van der Waals surface area contributed by atoms with Gasteiger partial charge >= 0.3 is 0 Å². The molecule has 1 aliphatic rings. The van der Waals surface area contributed by atoms with Crippen LogP contribution < -0.4 is 5.32 Å². The Morgan fingerprint density at radius 1 is 1.33 bits per heavy atom. The minimum Gasteiger partial charge on any atom is -0.310 e. The molecule has 0 spiro atoms. The maximum atomic E-state index is 13.6. The largest absolute Gasteiger partial charge is 0.310 e. The van der Waals surface area contributed by atoms with Crippen LogP contribution in [0.15, 0.2) is 18.2 Å². The van der Waals surface area contributed by atoms with Gasteiger partial charge in [0.1, 0.15) is 5.82 Å². The molecule has 0 heterocycles. The zero-order valence-electron chi connectivity index (χ0n) is 11.5. The average molecular weight is 249 g/mol. The highest BCUT2D eigenvalue weighted by molar-refractivity contribution is 5.23. The van der Waals surface area contributed by atoms with E-state index in [1.165, 1.54) is 32.1 Å². The van der Waals surface area contributed by atoms with E-state index in [0.29, 0.717) is 12.6 Å². The molecule has 0 aromatic heterocycles. The summed E-state index contributed by atoms with van der Waals surface area (Å²) in [5.74, 6) is 0.773. The Labute approximate surface area is 110 Å². The Bertz CT molecular complexity index is 389. The molecule has 0 amide bonds. The molecule has 2 atom stereocenters. The van der Waals surface area contributed by atoms with Gasteiger partial charge in [-0.2, -0.15) is 0 Å². The van der Waals surface area contributed by atoms with Crippen LogP contribution in [0, 0.1) is 18.7 Å². The van der Waals surface area contributed by atoms with Gasteiger partial charge in [0, 0.05) is 18.2 Å². The molecule has 1 fully saturated rings. The van der Waals surface area contributed by atoms with Gasteiger partial charge < -0.3 is 5.32 Å². The summed E-state index contributed by atoms with van der Waals surface area (Å²) in [6.45, 7) is 4.94. The van der Waals surface area contributed by atoms with E-state index in [9.17, 15) is 4.39 Å². The standard InChI is InChI=1S/C16H24FN/c1-3-13-5-4-6-15(10-13)18-11-14-9-12(2)7-8-16(14)17/h7-9,13,15,18H,3-6,10-11H2,1-2H3. The van der Waals surface area contributed by atoms with Gasteiger partial charge in [-0.1, -0.05) is 43.9 Å². The number of hydrogen-bond donors (Lipinski definition) is 1. The lowest BCUT2D eigenvalue weighted by atomic mass is 9.84. The Balaban J connectivity index is 1.89. The number of halogens is 1. The first-order valence-electron chi connectivity index (χ1n) is 7.17. The number of benzene rings is 1. The third-order valence-corrected chi connectivity index (χ3v) is 4.14. The highest BCUT2D eigenvalue weighted by Crippen LogP contribution is 2.26. The Kier molecular flexibility index (Phi) is 4.76. The van der Waals surface area contributed by atoms with Crippen LogP contribution in [-0.4, -0.2) is 6.04 Å². The van der Waals surface area contributed by atoms with Crippen molar-refractivity contribution in [3.05, 3.63) is 35.1 Å². The summed E-state index contributed by atoms with van der Waals surface area (Å²) in [4.78, 5) is 0. The van der Waals surface area contributed by atoms with Crippen molar-refractivity contribution in [3.8, 4) is 0 Å². The second-order valence-electron chi connectivity index (χ2n) is 5.61. The molecule has 2 rings (SSSR count). The lowest BCUT2D eigenvalue weighted by Gasteiger charge is -2.29. The molecule has 18 heavy (non-hydrogen) atoms. The van der Waals surface area contributed by atoms with Crippen molar-refractivity contribution in [2.75, 3.05) is 0 Å². The minimum absolute atomic E-state index is 0.0871. The molecule has 1 aliphatic carbocycles. The van der Waals surface area contributed by atoms with E-state index in [0.717, 1.165) is 17.0 Å². The quantitative estimate of drug-likeness (QED) is 0.843. The van der Waals surface area contributed by atoms with Crippen molar-refractivity contribution in [1.82, 2.24) is 5.32 Å². The fourth-order valence-electron chi connectivity index (χ4n) is 2.94. The van der Waals surface area contributed by atoms with Gasteiger partial charge in [0.15, 0.2) is 0 Å². The summed E-state index contributed by atoms with van der Waals surface area (Å²) in [6, 6.07) is 5.92. The Hall–Kier alpha value is -0.890. The second-order valence-corrected chi connectivity index (χ2v) is 5.61. The molecular formula is C16H24FN. The number of nitrogens with one attached hydrogen (secondary N) is 1. The van der Waals surface area contributed by atoms with Gasteiger partial charge in [-0.25, -0.2) is 4.39 Å². The van der Waals surface area contributed by atoms with Crippen LogP contribution in [0.25, 0.3) is 0 Å². The summed E-state index contributed by atoms with van der Waals surface area (Å²) < 4.78 is 13.6. The molecule has 100 valence electrons. The fraction of sp³-hybridized carbons (Fsp3) is 0.625. The summed E-state index contributed by atoms with van der Waals surface area (Å²) >= 11 is 0. The summed E-state index contributed by atoms with van der Waals surface area (Å²) in [7, 11) is 0. The van der Waals surface area contributed by atoms with Crippen LogP contribution in [0.2, 0.25) is 0 Å². The van der Waals surface area contributed by atoms with Gasteiger partial charge in [0.05, 0.1) is 0 Å². The zero-order valence-corrected chi connectivity index (χ0v) is 11.5. The van der Waals surface area contributed by atoms with Crippen LogP contribution in [0.1, 0.15) is 50.2 Å². The highest BCUT2D eigenvalue weighted by atomic mass is 19.1. The minimum atomic E-state index is -0.0871. The lowest BCUT2D eigenvalue weighted by Crippen LogP contribution is -2.33. The Morgan fingerprint density at radius 3 is 2.94 bits per heavy atom. The second kappa shape index (κ2) is 6.33.